The van der Waals surface area contributed by atoms with Gasteiger partial charge in [-0.2, -0.15) is 0 Å². The molecule has 9 nitrogen and oxygen atoms in total. The first kappa shape index (κ1) is 24.4. The van der Waals surface area contributed by atoms with E-state index in [0.29, 0.717) is 17.8 Å². The summed E-state index contributed by atoms with van der Waals surface area (Å²) in [5, 5.41) is 9.06. The summed E-state index contributed by atoms with van der Waals surface area (Å²) in [6.45, 7) is 1.71. The molecule has 0 aromatic carbocycles. The van der Waals surface area contributed by atoms with Crippen LogP contribution >= 0.6 is 36.0 Å². The SMILES string of the molecule is CNC(=S)[C@H]1CC[C@H](NC(=O)C(N)=O)[C@H](NC(=O)c2nc3c(s2)CN(C)CC3)C1.Cl. The maximum absolute atomic E-state index is 12.9. The lowest BCUT2D eigenvalue weighted by Gasteiger charge is -2.36. The van der Waals surface area contributed by atoms with E-state index in [2.05, 4.69) is 25.8 Å². The van der Waals surface area contributed by atoms with Gasteiger partial charge in [0.15, 0.2) is 5.01 Å². The van der Waals surface area contributed by atoms with Gasteiger partial charge in [0, 0.05) is 43.4 Å². The molecule has 1 aromatic heterocycles. The van der Waals surface area contributed by atoms with Crippen molar-refractivity contribution < 1.29 is 14.4 Å². The highest BCUT2D eigenvalue weighted by Gasteiger charge is 2.35. The first-order valence-corrected chi connectivity index (χ1v) is 10.8. The number of halogens is 1. The number of thiocarbonyl (C=S) groups is 1. The van der Waals surface area contributed by atoms with Crippen LogP contribution in [0.4, 0.5) is 0 Å². The molecule has 3 atom stereocenters. The summed E-state index contributed by atoms with van der Waals surface area (Å²) >= 11 is 6.78. The molecule has 3 amide bonds. The number of hydrogen-bond donors (Lipinski definition) is 4. The zero-order valence-electron chi connectivity index (χ0n) is 16.9. The third-order valence-electron chi connectivity index (χ3n) is 5.44. The number of rotatable bonds is 4. The number of carbonyl (C=O) groups is 3. The Morgan fingerprint density at radius 1 is 1.23 bits per heavy atom. The standard InChI is InChI=1S/C18H26N6O3S2.ClH/c1-20-17(28)9-3-4-10(21-15(26)14(19)25)12(7-9)22-16(27)18-23-11-5-6-24(2)8-13(11)29-18;/h9-10,12H,3-8H2,1-2H3,(H2,19,25)(H,20,28)(H,21,26)(H,22,27);1H/t9-,10-,12+;/m0./s1. The van der Waals surface area contributed by atoms with Gasteiger partial charge in [-0.3, -0.25) is 14.4 Å². The van der Waals surface area contributed by atoms with Crippen LogP contribution in [-0.4, -0.2) is 65.3 Å². The van der Waals surface area contributed by atoms with Gasteiger partial charge in [-0.1, -0.05) is 12.2 Å². The Kier molecular flexibility index (Phi) is 8.53. The molecule has 3 rings (SSSR count). The molecule has 2 aliphatic rings. The van der Waals surface area contributed by atoms with E-state index in [1.54, 1.807) is 7.05 Å². The van der Waals surface area contributed by atoms with Gasteiger partial charge in [-0.15, -0.1) is 23.7 Å². The molecule has 1 aliphatic carbocycles. The van der Waals surface area contributed by atoms with E-state index in [-0.39, 0.29) is 30.3 Å². The second-order valence-electron chi connectivity index (χ2n) is 7.53. The minimum atomic E-state index is -1.04. The molecule has 1 saturated carbocycles. The van der Waals surface area contributed by atoms with Crippen LogP contribution in [-0.2, 0) is 22.6 Å². The van der Waals surface area contributed by atoms with E-state index in [1.807, 2.05) is 7.05 Å². The van der Waals surface area contributed by atoms with Crippen LogP contribution in [0, 0.1) is 5.92 Å². The lowest BCUT2D eigenvalue weighted by Crippen LogP contribution is -2.57. The van der Waals surface area contributed by atoms with E-state index < -0.39 is 17.9 Å². The third kappa shape index (κ3) is 5.65. The molecule has 5 N–H and O–H groups in total. The Morgan fingerprint density at radius 3 is 2.63 bits per heavy atom. The molecule has 0 unspecified atom stereocenters. The smallest absolute Gasteiger partial charge is 0.309 e. The Hall–Kier alpha value is -1.82. The maximum atomic E-state index is 12.9. The minimum absolute atomic E-state index is 0. The number of thiazole rings is 1. The van der Waals surface area contributed by atoms with Gasteiger partial charge in [0.05, 0.1) is 16.7 Å². The molecule has 1 aromatic rings. The number of primary amides is 1. The Bertz CT molecular complexity index is 833. The van der Waals surface area contributed by atoms with E-state index in [1.165, 1.54) is 11.3 Å². The molecule has 0 bridgehead atoms. The average molecular weight is 475 g/mol. The Balaban J connectivity index is 0.00000320. The molecule has 2 heterocycles. The molecule has 0 spiro atoms. The summed E-state index contributed by atoms with van der Waals surface area (Å²) in [5.74, 6) is -2.08. The van der Waals surface area contributed by atoms with Crippen LogP contribution in [0.15, 0.2) is 0 Å². The molecule has 166 valence electrons. The van der Waals surface area contributed by atoms with Crippen molar-refractivity contribution >= 4 is 58.7 Å². The number of nitrogens with one attached hydrogen (secondary N) is 3. The lowest BCUT2D eigenvalue weighted by atomic mass is 9.82. The highest BCUT2D eigenvalue weighted by molar-refractivity contribution is 7.80. The molecule has 1 aliphatic heterocycles. The van der Waals surface area contributed by atoms with E-state index in [0.717, 1.165) is 41.5 Å². The predicted octanol–water partition coefficient (Wildman–Crippen LogP) is -0.0318. The normalized spacial score (nSPS) is 23.5. The second-order valence-corrected chi connectivity index (χ2v) is 9.05. The van der Waals surface area contributed by atoms with Crippen molar-refractivity contribution in [2.75, 3.05) is 20.6 Å². The van der Waals surface area contributed by atoms with Crippen molar-refractivity contribution in [2.24, 2.45) is 11.7 Å². The van der Waals surface area contributed by atoms with Crippen LogP contribution in [0.25, 0.3) is 0 Å². The fourth-order valence-corrected chi connectivity index (χ4v) is 5.14. The Morgan fingerprint density at radius 2 is 1.97 bits per heavy atom. The number of aromatic nitrogens is 1. The second kappa shape index (κ2) is 10.5. The number of carbonyl (C=O) groups excluding carboxylic acids is 3. The monoisotopic (exact) mass is 474 g/mol. The van der Waals surface area contributed by atoms with Gasteiger partial charge in [0.1, 0.15) is 0 Å². The summed E-state index contributed by atoms with van der Waals surface area (Å²) in [6, 6.07) is -0.768. The first-order valence-electron chi connectivity index (χ1n) is 9.58. The van der Waals surface area contributed by atoms with Crippen LogP contribution in [0.3, 0.4) is 0 Å². The summed E-state index contributed by atoms with van der Waals surface area (Å²) in [7, 11) is 3.81. The van der Waals surface area contributed by atoms with Crippen molar-refractivity contribution in [3.63, 3.8) is 0 Å². The largest absolute Gasteiger partial charge is 0.383 e. The van der Waals surface area contributed by atoms with Crippen LogP contribution in [0.2, 0.25) is 0 Å². The zero-order valence-corrected chi connectivity index (χ0v) is 19.3. The van der Waals surface area contributed by atoms with Crippen molar-refractivity contribution in [2.45, 2.75) is 44.3 Å². The molecule has 30 heavy (non-hydrogen) atoms. The van der Waals surface area contributed by atoms with Gasteiger partial charge in [-0.05, 0) is 26.3 Å². The first-order chi connectivity index (χ1) is 13.8. The van der Waals surface area contributed by atoms with E-state index in [9.17, 15) is 14.4 Å². The minimum Gasteiger partial charge on any atom is -0.383 e. The highest BCUT2D eigenvalue weighted by atomic mass is 35.5. The van der Waals surface area contributed by atoms with Crippen LogP contribution in [0.1, 0.15) is 39.6 Å². The van der Waals surface area contributed by atoms with Gasteiger partial charge < -0.3 is 26.6 Å². The van der Waals surface area contributed by atoms with Gasteiger partial charge >= 0.3 is 11.8 Å². The quantitative estimate of drug-likeness (QED) is 0.356. The van der Waals surface area contributed by atoms with Crippen molar-refractivity contribution in [1.82, 2.24) is 25.8 Å². The number of nitrogens with two attached hydrogens (primary N) is 1. The van der Waals surface area contributed by atoms with Crippen molar-refractivity contribution in [1.29, 1.82) is 0 Å². The Labute approximate surface area is 190 Å². The van der Waals surface area contributed by atoms with Crippen LogP contribution < -0.4 is 21.7 Å². The predicted molar refractivity (Wildman–Crippen MR) is 121 cm³/mol. The summed E-state index contributed by atoms with van der Waals surface area (Å²) in [4.78, 5) is 44.4. The molecular formula is C18H27ClN6O3S2. The van der Waals surface area contributed by atoms with Crippen molar-refractivity contribution in [3.05, 3.63) is 15.6 Å². The number of likely N-dealkylation sites (N-methyl/N-ethyl adjacent to an activating group) is 1. The summed E-state index contributed by atoms with van der Waals surface area (Å²) in [6.07, 6.45) is 2.71. The third-order valence-corrected chi connectivity index (χ3v) is 7.06. The summed E-state index contributed by atoms with van der Waals surface area (Å²) in [5.41, 5.74) is 6.05. The number of amides is 3. The van der Waals surface area contributed by atoms with Crippen LogP contribution in [0.5, 0.6) is 0 Å². The average Bonchev–Trinajstić information content (AvgIpc) is 3.11. The maximum Gasteiger partial charge on any atom is 0.309 e. The van der Waals surface area contributed by atoms with Crippen molar-refractivity contribution in [3.8, 4) is 0 Å². The number of fused-ring (bicyclic) bond motifs is 1. The number of nitrogens with zero attached hydrogens (tertiary/aromatic N) is 2. The molecular weight excluding hydrogens is 448 g/mol. The van der Waals surface area contributed by atoms with E-state index in [4.69, 9.17) is 18.0 Å². The molecule has 0 radical (unpaired) electrons. The fourth-order valence-electron chi connectivity index (χ4n) is 3.84. The van der Waals surface area contributed by atoms with Gasteiger partial charge in [0.2, 0.25) is 0 Å². The molecule has 12 heteroatoms. The van der Waals surface area contributed by atoms with E-state index >= 15 is 0 Å². The zero-order chi connectivity index (χ0) is 21.1. The van der Waals surface area contributed by atoms with Gasteiger partial charge in [0.25, 0.3) is 5.91 Å². The lowest BCUT2D eigenvalue weighted by molar-refractivity contribution is -0.138. The fraction of sp³-hybridized carbons (Fsp3) is 0.611. The summed E-state index contributed by atoms with van der Waals surface area (Å²) < 4.78 is 0. The molecule has 1 fully saturated rings. The molecule has 0 saturated heterocycles. The number of hydrogen-bond acceptors (Lipinski definition) is 7. The highest BCUT2D eigenvalue weighted by Crippen LogP contribution is 2.28. The topological polar surface area (TPSA) is 129 Å². The van der Waals surface area contributed by atoms with Gasteiger partial charge in [-0.25, -0.2) is 4.98 Å².